The Bertz CT molecular complexity index is 428. The van der Waals surface area contributed by atoms with Gasteiger partial charge in [0.25, 0.3) is 0 Å². The van der Waals surface area contributed by atoms with E-state index in [-0.39, 0.29) is 23.7 Å². The minimum absolute atomic E-state index is 0.0815. The maximum atomic E-state index is 12.6. The molecule has 1 aliphatic rings. The molecule has 0 unspecified atom stereocenters. The molecule has 3 nitrogen and oxygen atoms in total. The number of alkyl halides is 3. The van der Waals surface area contributed by atoms with E-state index in [0.717, 1.165) is 25.1 Å². The predicted molar refractivity (Wildman–Crippen MR) is 58.7 cm³/mol. The van der Waals surface area contributed by atoms with Gasteiger partial charge in [-0.1, -0.05) is 0 Å². The molecular formula is C12H14F3NO2. The Morgan fingerprint density at radius 1 is 1.28 bits per heavy atom. The minimum Gasteiger partial charge on any atom is -0.487 e. The van der Waals surface area contributed by atoms with E-state index in [0.29, 0.717) is 0 Å². The van der Waals surface area contributed by atoms with E-state index < -0.39 is 11.9 Å². The van der Waals surface area contributed by atoms with Crippen molar-refractivity contribution in [1.29, 1.82) is 0 Å². The largest absolute Gasteiger partial charge is 0.487 e. The summed E-state index contributed by atoms with van der Waals surface area (Å²) in [4.78, 5) is 3.37. The van der Waals surface area contributed by atoms with Crippen molar-refractivity contribution in [3.8, 4) is 11.5 Å². The summed E-state index contributed by atoms with van der Waals surface area (Å²) in [7, 11) is 0. The van der Waals surface area contributed by atoms with Crippen molar-refractivity contribution in [3.63, 3.8) is 0 Å². The van der Waals surface area contributed by atoms with Crippen LogP contribution in [0, 0.1) is 0 Å². The number of hydrogen-bond acceptors (Lipinski definition) is 3. The first-order valence-corrected chi connectivity index (χ1v) is 5.77. The first-order valence-electron chi connectivity index (χ1n) is 5.77. The molecule has 0 radical (unpaired) electrons. The molecule has 1 aromatic rings. The minimum atomic E-state index is -4.48. The molecule has 0 spiro atoms. The SMILES string of the molecule is CC(C)Oc1cc(C(F)(F)F)ncc1OC1CC1. The number of nitrogens with zero attached hydrogens (tertiary/aromatic N) is 1. The Morgan fingerprint density at radius 2 is 1.94 bits per heavy atom. The van der Waals surface area contributed by atoms with E-state index in [4.69, 9.17) is 9.47 Å². The standard InChI is InChI=1S/C12H14F3NO2/c1-7(2)17-9-5-11(12(13,14)15)16-6-10(9)18-8-3-4-8/h5-8H,3-4H2,1-2H3. The number of pyridine rings is 1. The van der Waals surface area contributed by atoms with Crippen molar-refractivity contribution in [2.75, 3.05) is 0 Å². The second-order valence-electron chi connectivity index (χ2n) is 4.50. The average Bonchev–Trinajstić information content (AvgIpc) is 3.02. The smallest absolute Gasteiger partial charge is 0.433 e. The summed E-state index contributed by atoms with van der Waals surface area (Å²) in [5.41, 5.74) is -0.971. The van der Waals surface area contributed by atoms with Gasteiger partial charge in [0, 0.05) is 6.07 Å². The highest BCUT2D eigenvalue weighted by molar-refractivity contribution is 5.40. The fourth-order valence-electron chi connectivity index (χ4n) is 1.38. The van der Waals surface area contributed by atoms with Gasteiger partial charge in [0.05, 0.1) is 18.4 Å². The van der Waals surface area contributed by atoms with E-state index in [2.05, 4.69) is 4.98 Å². The van der Waals surface area contributed by atoms with Gasteiger partial charge in [0.1, 0.15) is 5.69 Å². The number of rotatable bonds is 4. The van der Waals surface area contributed by atoms with Crippen molar-refractivity contribution >= 4 is 0 Å². The Hall–Kier alpha value is -1.46. The van der Waals surface area contributed by atoms with E-state index in [1.54, 1.807) is 13.8 Å². The predicted octanol–water partition coefficient (Wildman–Crippen LogP) is 3.43. The second kappa shape index (κ2) is 4.66. The zero-order chi connectivity index (χ0) is 13.3. The quantitative estimate of drug-likeness (QED) is 0.832. The topological polar surface area (TPSA) is 31.4 Å². The van der Waals surface area contributed by atoms with Crippen LogP contribution < -0.4 is 9.47 Å². The van der Waals surface area contributed by atoms with Crippen LogP contribution in [0.2, 0.25) is 0 Å². The first kappa shape index (κ1) is 13.0. The molecule has 18 heavy (non-hydrogen) atoms. The van der Waals surface area contributed by atoms with Gasteiger partial charge < -0.3 is 9.47 Å². The van der Waals surface area contributed by atoms with Gasteiger partial charge in [-0.05, 0) is 26.7 Å². The summed E-state index contributed by atoms with van der Waals surface area (Å²) >= 11 is 0. The molecule has 1 aliphatic carbocycles. The normalized spacial score (nSPS) is 15.9. The van der Waals surface area contributed by atoms with Crippen molar-refractivity contribution in [2.24, 2.45) is 0 Å². The lowest BCUT2D eigenvalue weighted by molar-refractivity contribution is -0.141. The van der Waals surface area contributed by atoms with Crippen LogP contribution in [0.15, 0.2) is 12.3 Å². The number of aromatic nitrogens is 1. The summed E-state index contributed by atoms with van der Waals surface area (Å²) < 4.78 is 48.5. The Kier molecular flexibility index (Phi) is 3.36. The fourth-order valence-corrected chi connectivity index (χ4v) is 1.38. The van der Waals surface area contributed by atoms with Crippen LogP contribution in [-0.2, 0) is 6.18 Å². The summed E-state index contributed by atoms with van der Waals surface area (Å²) in [5.74, 6) is 0.374. The summed E-state index contributed by atoms with van der Waals surface area (Å²) in [6.07, 6.45) is -1.70. The van der Waals surface area contributed by atoms with E-state index in [1.807, 2.05) is 0 Å². The molecule has 0 amide bonds. The van der Waals surface area contributed by atoms with Gasteiger partial charge in [-0.3, -0.25) is 0 Å². The van der Waals surface area contributed by atoms with E-state index >= 15 is 0 Å². The Morgan fingerprint density at radius 3 is 2.44 bits per heavy atom. The van der Waals surface area contributed by atoms with Crippen molar-refractivity contribution in [1.82, 2.24) is 4.98 Å². The second-order valence-corrected chi connectivity index (χ2v) is 4.50. The van der Waals surface area contributed by atoms with Gasteiger partial charge >= 0.3 is 6.18 Å². The van der Waals surface area contributed by atoms with Crippen LogP contribution in [0.25, 0.3) is 0 Å². The monoisotopic (exact) mass is 261 g/mol. The molecule has 1 fully saturated rings. The van der Waals surface area contributed by atoms with Crippen LogP contribution in [0.1, 0.15) is 32.4 Å². The third kappa shape index (κ3) is 3.27. The summed E-state index contributed by atoms with van der Waals surface area (Å²) in [5, 5.41) is 0. The Labute approximate surface area is 103 Å². The van der Waals surface area contributed by atoms with Crippen LogP contribution in [0.5, 0.6) is 11.5 Å². The first-order chi connectivity index (χ1) is 8.36. The highest BCUT2D eigenvalue weighted by Crippen LogP contribution is 2.37. The molecule has 1 saturated carbocycles. The Balaban J connectivity index is 2.27. The molecule has 0 atom stereocenters. The van der Waals surface area contributed by atoms with Gasteiger partial charge in [0.2, 0.25) is 0 Å². The van der Waals surface area contributed by atoms with Gasteiger partial charge in [0.15, 0.2) is 11.5 Å². The molecule has 0 aliphatic heterocycles. The zero-order valence-corrected chi connectivity index (χ0v) is 10.1. The molecule has 2 rings (SSSR count). The molecule has 0 aromatic carbocycles. The van der Waals surface area contributed by atoms with Crippen LogP contribution >= 0.6 is 0 Å². The van der Waals surface area contributed by atoms with Crippen molar-refractivity contribution in [3.05, 3.63) is 18.0 Å². The molecule has 100 valence electrons. The number of halogens is 3. The van der Waals surface area contributed by atoms with Crippen LogP contribution in [0.4, 0.5) is 13.2 Å². The molecule has 6 heteroatoms. The highest BCUT2D eigenvalue weighted by Gasteiger charge is 2.34. The molecular weight excluding hydrogens is 247 g/mol. The van der Waals surface area contributed by atoms with Gasteiger partial charge in [-0.25, -0.2) is 4.98 Å². The third-order valence-corrected chi connectivity index (χ3v) is 2.30. The van der Waals surface area contributed by atoms with E-state index in [1.165, 1.54) is 0 Å². The fraction of sp³-hybridized carbons (Fsp3) is 0.583. The van der Waals surface area contributed by atoms with Gasteiger partial charge in [-0.15, -0.1) is 0 Å². The molecule has 1 heterocycles. The maximum Gasteiger partial charge on any atom is 0.433 e. The van der Waals surface area contributed by atoms with Crippen molar-refractivity contribution in [2.45, 2.75) is 45.1 Å². The molecule has 0 N–H and O–H groups in total. The lowest BCUT2D eigenvalue weighted by atomic mass is 10.3. The third-order valence-electron chi connectivity index (χ3n) is 2.30. The average molecular weight is 261 g/mol. The van der Waals surface area contributed by atoms with Crippen LogP contribution in [-0.4, -0.2) is 17.2 Å². The molecule has 0 bridgehead atoms. The van der Waals surface area contributed by atoms with Gasteiger partial charge in [-0.2, -0.15) is 13.2 Å². The summed E-state index contributed by atoms with van der Waals surface area (Å²) in [6, 6.07) is 0.887. The van der Waals surface area contributed by atoms with Crippen molar-refractivity contribution < 1.29 is 22.6 Å². The lowest BCUT2D eigenvalue weighted by Crippen LogP contribution is -2.12. The number of hydrogen-bond donors (Lipinski definition) is 0. The molecule has 0 saturated heterocycles. The zero-order valence-electron chi connectivity index (χ0n) is 10.1. The summed E-state index contributed by atoms with van der Waals surface area (Å²) in [6.45, 7) is 3.49. The lowest BCUT2D eigenvalue weighted by Gasteiger charge is -2.16. The maximum absolute atomic E-state index is 12.6. The van der Waals surface area contributed by atoms with Crippen LogP contribution in [0.3, 0.4) is 0 Å². The van der Waals surface area contributed by atoms with E-state index in [9.17, 15) is 13.2 Å². The molecule has 1 aromatic heterocycles. The number of ether oxygens (including phenoxy) is 2. The highest BCUT2D eigenvalue weighted by atomic mass is 19.4.